The van der Waals surface area contributed by atoms with Gasteiger partial charge in [-0.3, -0.25) is 0 Å². The first-order valence-electron chi connectivity index (χ1n) is 31.2. The van der Waals surface area contributed by atoms with Gasteiger partial charge in [0.25, 0.3) is 0 Å². The molecule has 4 nitrogen and oxygen atoms in total. The van der Waals surface area contributed by atoms with E-state index in [1.54, 1.807) is 0 Å². The summed E-state index contributed by atoms with van der Waals surface area (Å²) in [4.78, 5) is 0. The molecule has 0 amide bonds. The van der Waals surface area contributed by atoms with Crippen LogP contribution in [0.5, 0.6) is 0 Å². The summed E-state index contributed by atoms with van der Waals surface area (Å²) in [6.45, 7) is 0. The normalized spacial score (nSPS) is 11.9. The molecule has 0 atom stereocenters. The zero-order chi connectivity index (χ0) is 60.4. The summed E-state index contributed by atoms with van der Waals surface area (Å²) in [5, 5.41) is 12.3. The molecule has 0 N–H and O–H groups in total. The molecule has 0 spiro atoms. The van der Waals surface area contributed by atoms with E-state index in [1.165, 1.54) is 90.1 Å². The summed E-state index contributed by atoms with van der Waals surface area (Å²) in [5.74, 6) is 0. The molecule has 20 rings (SSSR count). The van der Waals surface area contributed by atoms with Gasteiger partial charge in [0, 0.05) is 84.4 Å². The Morgan fingerprint density at radius 1 is 0.228 bits per heavy atom. The average Bonchev–Trinajstić information content (AvgIpc) is 1.58. The molecule has 0 aliphatic rings. The topological polar surface area (TPSA) is 36.1 Å². The van der Waals surface area contributed by atoms with Crippen molar-refractivity contribution < 1.29 is 8.83 Å². The SMILES string of the molecule is c1ccc(-c2cccc3c2sc2cccc(-c4ccccc4-c4cccc5c4oc4c6ccccc6n(-c6ccccc6)c54)c23)cc1.c1ccc(-n2c3ccccc3c3oc4c(-c5ccccc5-c5cccc6sc7c8ccccc8ccc7c56)cccc4c32)cc1. The van der Waals surface area contributed by atoms with Crippen molar-refractivity contribution in [2.24, 2.45) is 0 Å². The first-order chi connectivity index (χ1) is 45.7. The van der Waals surface area contributed by atoms with Crippen molar-refractivity contribution >= 4 is 140 Å². The van der Waals surface area contributed by atoms with Gasteiger partial charge in [-0.05, 0) is 128 Å². The molecule has 0 aliphatic heterocycles. The van der Waals surface area contributed by atoms with E-state index >= 15 is 0 Å². The van der Waals surface area contributed by atoms with Crippen LogP contribution in [0.15, 0.2) is 324 Å². The molecular formula is C86H52N2O2S2. The molecular weight excluding hydrogens is 1160 g/mol. The van der Waals surface area contributed by atoms with Crippen LogP contribution >= 0.6 is 22.7 Å². The van der Waals surface area contributed by atoms with Crippen LogP contribution in [0.3, 0.4) is 0 Å². The van der Waals surface area contributed by atoms with E-state index in [2.05, 4.69) is 325 Å². The van der Waals surface area contributed by atoms with Crippen LogP contribution in [0.25, 0.3) is 184 Å². The smallest absolute Gasteiger partial charge is 0.161 e. The number of benzene rings is 14. The number of nitrogens with zero attached hydrogens (tertiary/aromatic N) is 2. The fourth-order valence-corrected chi connectivity index (χ4v) is 17.2. The van der Waals surface area contributed by atoms with Gasteiger partial charge in [-0.25, -0.2) is 0 Å². The Kier molecular flexibility index (Phi) is 12.0. The third kappa shape index (κ3) is 8.01. The van der Waals surface area contributed by atoms with E-state index < -0.39 is 0 Å². The van der Waals surface area contributed by atoms with Crippen LogP contribution in [-0.4, -0.2) is 9.13 Å². The Morgan fingerprint density at radius 2 is 0.598 bits per heavy atom. The summed E-state index contributed by atoms with van der Waals surface area (Å²) < 4.78 is 23.8. The van der Waals surface area contributed by atoms with Crippen LogP contribution in [0.1, 0.15) is 0 Å². The third-order valence-corrected chi connectivity index (χ3v) is 21.1. The molecule has 0 fully saturated rings. The Morgan fingerprint density at radius 3 is 1.13 bits per heavy atom. The van der Waals surface area contributed by atoms with Gasteiger partial charge < -0.3 is 18.0 Å². The first kappa shape index (κ1) is 52.4. The molecule has 20 aromatic rings. The van der Waals surface area contributed by atoms with Gasteiger partial charge in [0.15, 0.2) is 11.2 Å². The highest BCUT2D eigenvalue weighted by molar-refractivity contribution is 7.27. The van der Waals surface area contributed by atoms with Crippen LogP contribution in [0, 0.1) is 0 Å². The van der Waals surface area contributed by atoms with Gasteiger partial charge in [-0.2, -0.15) is 0 Å². The zero-order valence-electron chi connectivity index (χ0n) is 49.5. The second-order valence-electron chi connectivity index (χ2n) is 23.7. The lowest BCUT2D eigenvalue weighted by molar-refractivity contribution is 0.673. The number of rotatable bonds is 7. The maximum atomic E-state index is 6.93. The van der Waals surface area contributed by atoms with Gasteiger partial charge >= 0.3 is 0 Å². The number of hydrogen-bond acceptors (Lipinski definition) is 4. The quantitative estimate of drug-likeness (QED) is 0.159. The lowest BCUT2D eigenvalue weighted by atomic mass is 9.91. The zero-order valence-corrected chi connectivity index (χ0v) is 51.2. The van der Waals surface area contributed by atoms with Gasteiger partial charge in [-0.1, -0.05) is 243 Å². The molecule has 6 heteroatoms. The molecule has 0 saturated carbocycles. The molecule has 0 unspecified atom stereocenters. The lowest BCUT2D eigenvalue weighted by Gasteiger charge is -2.13. The lowest BCUT2D eigenvalue weighted by Crippen LogP contribution is -1.93. The second kappa shape index (κ2) is 21.0. The molecule has 6 heterocycles. The molecule has 14 aromatic carbocycles. The molecule has 6 aromatic heterocycles. The van der Waals surface area contributed by atoms with Gasteiger partial charge in [-0.15, -0.1) is 22.7 Å². The van der Waals surface area contributed by atoms with Crippen molar-refractivity contribution in [3.05, 3.63) is 315 Å². The number of furan rings is 2. The number of aromatic nitrogens is 2. The molecule has 0 aliphatic carbocycles. The number of fused-ring (bicyclic) bond motifs is 18. The highest BCUT2D eigenvalue weighted by Gasteiger charge is 2.26. The maximum Gasteiger partial charge on any atom is 0.161 e. The van der Waals surface area contributed by atoms with Crippen molar-refractivity contribution in [2.75, 3.05) is 0 Å². The van der Waals surface area contributed by atoms with Gasteiger partial charge in [0.05, 0.1) is 11.0 Å². The number of para-hydroxylation sites is 6. The largest absolute Gasteiger partial charge is 0.453 e. The minimum Gasteiger partial charge on any atom is -0.453 e. The van der Waals surface area contributed by atoms with Crippen molar-refractivity contribution in [1.29, 1.82) is 0 Å². The third-order valence-electron chi connectivity index (χ3n) is 18.6. The minimum absolute atomic E-state index is 0.911. The number of thiophene rings is 2. The molecule has 0 saturated heterocycles. The van der Waals surface area contributed by atoms with Crippen molar-refractivity contribution in [2.45, 2.75) is 0 Å². The van der Waals surface area contributed by atoms with E-state index in [-0.39, 0.29) is 0 Å². The van der Waals surface area contributed by atoms with E-state index in [4.69, 9.17) is 8.83 Å². The van der Waals surface area contributed by atoms with E-state index in [1.807, 2.05) is 22.7 Å². The van der Waals surface area contributed by atoms with Crippen molar-refractivity contribution in [3.63, 3.8) is 0 Å². The van der Waals surface area contributed by atoms with Crippen molar-refractivity contribution in [1.82, 2.24) is 9.13 Å². The Labute approximate surface area is 536 Å². The summed E-state index contributed by atoms with van der Waals surface area (Å²) >= 11 is 3.77. The minimum atomic E-state index is 0.911. The summed E-state index contributed by atoms with van der Waals surface area (Å²) in [5.41, 5.74) is 22.4. The monoisotopic (exact) mass is 1210 g/mol. The van der Waals surface area contributed by atoms with E-state index in [0.29, 0.717) is 0 Å². The highest BCUT2D eigenvalue weighted by atomic mass is 32.1. The van der Waals surface area contributed by atoms with Crippen LogP contribution < -0.4 is 0 Å². The average molecular weight is 1210 g/mol. The summed E-state index contributed by atoms with van der Waals surface area (Å²) in [6, 6.07) is 113. The van der Waals surface area contributed by atoms with Crippen LogP contribution in [-0.2, 0) is 0 Å². The molecule has 0 bridgehead atoms. The summed E-state index contributed by atoms with van der Waals surface area (Å²) in [7, 11) is 0. The Balaban J connectivity index is 0.000000132. The predicted octanol–water partition coefficient (Wildman–Crippen LogP) is 25.3. The van der Waals surface area contributed by atoms with E-state index in [0.717, 1.165) is 94.0 Å². The standard InChI is InChI=1S/C44H27NOS.C42H25NOS/c1-3-14-28(15-4-1)30-21-11-24-36-40-33(22-13-27-39(40)47-44(30)36)31-18-7-8-19-32(31)34-23-12-25-37-41-43(46-42(34)37)35-20-9-10-26-38(35)45(41)29-16-5-2-6-17-29;1-2-13-27(14-3-1)43-36-22-9-8-18-33(36)41-39(43)35-21-10-20-32(40(35)44-41)30-17-7-6-16-29(30)31-19-11-23-37-38(31)34-25-24-26-12-4-5-15-28(26)42(34)45-37/h1-27H;1-25H. The fourth-order valence-electron chi connectivity index (χ4n) is 14.7. The molecule has 0 radical (unpaired) electrons. The van der Waals surface area contributed by atoms with E-state index in [9.17, 15) is 0 Å². The van der Waals surface area contributed by atoms with Gasteiger partial charge in [0.2, 0.25) is 0 Å². The predicted molar refractivity (Wildman–Crippen MR) is 392 cm³/mol. The molecule has 430 valence electrons. The van der Waals surface area contributed by atoms with Crippen LogP contribution in [0.2, 0.25) is 0 Å². The highest BCUT2D eigenvalue weighted by Crippen LogP contribution is 2.51. The van der Waals surface area contributed by atoms with Crippen LogP contribution in [0.4, 0.5) is 0 Å². The van der Waals surface area contributed by atoms with Crippen molar-refractivity contribution in [3.8, 4) is 67.0 Å². The number of hydrogen-bond donors (Lipinski definition) is 0. The Hall–Kier alpha value is -11.5. The van der Waals surface area contributed by atoms with Gasteiger partial charge in [0.1, 0.15) is 22.2 Å². The first-order valence-corrected chi connectivity index (χ1v) is 32.9. The maximum absolute atomic E-state index is 6.93. The second-order valence-corrected chi connectivity index (χ2v) is 25.8. The molecule has 92 heavy (non-hydrogen) atoms. The Bertz CT molecular complexity index is 6320. The fraction of sp³-hybridized carbons (Fsp3) is 0. The summed E-state index contributed by atoms with van der Waals surface area (Å²) in [6.07, 6.45) is 0.